The molecular formula is C16H25NO. The van der Waals surface area contributed by atoms with Crippen LogP contribution in [0, 0.1) is 0 Å². The predicted octanol–water partition coefficient (Wildman–Crippen LogP) is 2.86. The number of nitrogens with zero attached hydrogens (tertiary/aromatic N) is 1. The average Bonchev–Trinajstić information content (AvgIpc) is 2.45. The number of hydrogen-bond donors (Lipinski definition) is 1. The first-order valence-electron chi connectivity index (χ1n) is 7.29. The van der Waals surface area contributed by atoms with Gasteiger partial charge in [0.2, 0.25) is 0 Å². The summed E-state index contributed by atoms with van der Waals surface area (Å²) >= 11 is 0. The number of unbranched alkanes of at least 4 members (excludes halogenated alkanes) is 1. The van der Waals surface area contributed by atoms with E-state index in [-0.39, 0.29) is 0 Å². The van der Waals surface area contributed by atoms with Crippen molar-refractivity contribution in [2.45, 2.75) is 44.6 Å². The zero-order chi connectivity index (χ0) is 12.6. The molecule has 0 aromatic heterocycles. The fourth-order valence-electron chi connectivity index (χ4n) is 2.85. The molecule has 1 aliphatic heterocycles. The average molecular weight is 247 g/mol. The highest BCUT2D eigenvalue weighted by Gasteiger charge is 2.20. The molecule has 1 aliphatic rings. The van der Waals surface area contributed by atoms with Crippen molar-refractivity contribution in [2.24, 2.45) is 0 Å². The zero-order valence-electron chi connectivity index (χ0n) is 11.2. The normalized spacial score (nSPS) is 21.1. The molecule has 100 valence electrons. The van der Waals surface area contributed by atoms with E-state index in [0.29, 0.717) is 12.6 Å². The van der Waals surface area contributed by atoms with E-state index >= 15 is 0 Å². The number of rotatable bonds is 6. The lowest BCUT2D eigenvalue weighted by Gasteiger charge is -2.34. The molecule has 1 N–H and O–H groups in total. The van der Waals surface area contributed by atoms with Crippen LogP contribution in [0.5, 0.6) is 0 Å². The summed E-state index contributed by atoms with van der Waals surface area (Å²) in [4.78, 5) is 2.48. The van der Waals surface area contributed by atoms with Crippen molar-refractivity contribution in [3.63, 3.8) is 0 Å². The molecule has 18 heavy (non-hydrogen) atoms. The van der Waals surface area contributed by atoms with Crippen LogP contribution < -0.4 is 0 Å². The Morgan fingerprint density at radius 1 is 1.11 bits per heavy atom. The van der Waals surface area contributed by atoms with Crippen LogP contribution in [-0.2, 0) is 6.42 Å². The topological polar surface area (TPSA) is 23.5 Å². The molecule has 1 aromatic rings. The molecule has 1 unspecified atom stereocenters. The highest BCUT2D eigenvalue weighted by molar-refractivity contribution is 5.14. The van der Waals surface area contributed by atoms with Crippen LogP contribution in [0.3, 0.4) is 0 Å². The molecule has 0 spiro atoms. The molecule has 1 heterocycles. The fraction of sp³-hybridized carbons (Fsp3) is 0.625. The van der Waals surface area contributed by atoms with Crippen LogP contribution in [0.15, 0.2) is 30.3 Å². The van der Waals surface area contributed by atoms with Gasteiger partial charge in [-0.05, 0) is 50.8 Å². The van der Waals surface area contributed by atoms with E-state index < -0.39 is 0 Å². The minimum atomic E-state index is 0.332. The summed E-state index contributed by atoms with van der Waals surface area (Å²) in [6, 6.07) is 11.1. The Balaban J connectivity index is 1.65. The molecule has 0 aliphatic carbocycles. The van der Waals surface area contributed by atoms with Crippen molar-refractivity contribution in [3.8, 4) is 0 Å². The van der Waals surface area contributed by atoms with E-state index in [1.807, 2.05) is 0 Å². The van der Waals surface area contributed by atoms with Gasteiger partial charge in [-0.1, -0.05) is 36.8 Å². The summed E-state index contributed by atoms with van der Waals surface area (Å²) in [5.74, 6) is 0. The van der Waals surface area contributed by atoms with Crippen molar-refractivity contribution in [3.05, 3.63) is 35.9 Å². The molecular weight excluding hydrogens is 222 g/mol. The Labute approximate surface area is 111 Å². The summed E-state index contributed by atoms with van der Waals surface area (Å²) in [7, 11) is 0. The fourth-order valence-corrected chi connectivity index (χ4v) is 2.85. The Bertz CT molecular complexity index is 325. The van der Waals surface area contributed by atoms with Gasteiger partial charge in [-0.25, -0.2) is 0 Å². The SMILES string of the molecule is OCC1CCCCN1CCCCc1ccccc1. The van der Waals surface area contributed by atoms with Gasteiger partial charge in [0.1, 0.15) is 0 Å². The number of aryl methyl sites for hydroxylation is 1. The monoisotopic (exact) mass is 247 g/mol. The van der Waals surface area contributed by atoms with Crippen molar-refractivity contribution >= 4 is 0 Å². The van der Waals surface area contributed by atoms with Gasteiger partial charge in [-0.3, -0.25) is 4.90 Å². The lowest BCUT2D eigenvalue weighted by Crippen LogP contribution is -2.42. The molecule has 0 bridgehead atoms. The number of hydrogen-bond acceptors (Lipinski definition) is 2. The Morgan fingerprint density at radius 3 is 2.72 bits per heavy atom. The third-order valence-electron chi connectivity index (χ3n) is 3.96. The molecule has 2 heteroatoms. The number of aliphatic hydroxyl groups is 1. The van der Waals surface area contributed by atoms with E-state index in [1.54, 1.807) is 0 Å². The number of benzene rings is 1. The molecule has 2 nitrogen and oxygen atoms in total. The minimum absolute atomic E-state index is 0.332. The Kier molecular flexibility index (Phi) is 5.69. The van der Waals surface area contributed by atoms with Crippen molar-refractivity contribution in [2.75, 3.05) is 19.7 Å². The second-order valence-electron chi connectivity index (χ2n) is 5.31. The lowest BCUT2D eigenvalue weighted by atomic mass is 10.0. The van der Waals surface area contributed by atoms with E-state index in [4.69, 9.17) is 0 Å². The number of piperidine rings is 1. The van der Waals surface area contributed by atoms with Crippen molar-refractivity contribution in [1.29, 1.82) is 0 Å². The van der Waals surface area contributed by atoms with Crippen LogP contribution in [0.2, 0.25) is 0 Å². The van der Waals surface area contributed by atoms with Gasteiger partial charge in [0.15, 0.2) is 0 Å². The van der Waals surface area contributed by atoms with Gasteiger partial charge < -0.3 is 5.11 Å². The van der Waals surface area contributed by atoms with Gasteiger partial charge in [0.25, 0.3) is 0 Å². The first kappa shape index (κ1) is 13.6. The van der Waals surface area contributed by atoms with Crippen molar-refractivity contribution in [1.82, 2.24) is 4.90 Å². The standard InChI is InChI=1S/C16H25NO/c18-14-16-11-5-7-13-17(16)12-6-4-10-15-8-2-1-3-9-15/h1-3,8-9,16,18H,4-7,10-14H2. The van der Waals surface area contributed by atoms with Crippen LogP contribution in [0.1, 0.15) is 37.7 Å². The largest absolute Gasteiger partial charge is 0.395 e. The molecule has 0 saturated carbocycles. The second kappa shape index (κ2) is 7.55. The third-order valence-corrected chi connectivity index (χ3v) is 3.96. The Hall–Kier alpha value is -0.860. The van der Waals surface area contributed by atoms with E-state index in [9.17, 15) is 5.11 Å². The minimum Gasteiger partial charge on any atom is -0.395 e. The molecule has 1 aromatic carbocycles. The van der Waals surface area contributed by atoms with Gasteiger partial charge in [-0.2, -0.15) is 0 Å². The van der Waals surface area contributed by atoms with Gasteiger partial charge in [-0.15, -0.1) is 0 Å². The first-order valence-corrected chi connectivity index (χ1v) is 7.29. The van der Waals surface area contributed by atoms with Crippen LogP contribution in [-0.4, -0.2) is 35.7 Å². The van der Waals surface area contributed by atoms with Gasteiger partial charge in [0, 0.05) is 6.04 Å². The maximum absolute atomic E-state index is 9.35. The highest BCUT2D eigenvalue weighted by Crippen LogP contribution is 2.17. The number of aliphatic hydroxyl groups excluding tert-OH is 1. The van der Waals surface area contributed by atoms with E-state index in [0.717, 1.165) is 6.54 Å². The molecule has 1 saturated heterocycles. The number of likely N-dealkylation sites (tertiary alicyclic amines) is 1. The lowest BCUT2D eigenvalue weighted by molar-refractivity contribution is 0.0888. The van der Waals surface area contributed by atoms with Crippen LogP contribution in [0.25, 0.3) is 0 Å². The maximum atomic E-state index is 9.35. The third kappa shape index (κ3) is 4.11. The summed E-state index contributed by atoms with van der Waals surface area (Å²) in [6.45, 7) is 2.66. The first-order chi connectivity index (χ1) is 8.90. The van der Waals surface area contributed by atoms with Crippen LogP contribution in [0.4, 0.5) is 0 Å². The molecule has 1 atom stereocenters. The van der Waals surface area contributed by atoms with Crippen molar-refractivity contribution < 1.29 is 5.11 Å². The highest BCUT2D eigenvalue weighted by atomic mass is 16.3. The molecule has 2 rings (SSSR count). The van der Waals surface area contributed by atoms with Gasteiger partial charge >= 0.3 is 0 Å². The maximum Gasteiger partial charge on any atom is 0.0586 e. The van der Waals surface area contributed by atoms with E-state index in [2.05, 4.69) is 35.2 Å². The van der Waals surface area contributed by atoms with Crippen LogP contribution >= 0.6 is 0 Å². The van der Waals surface area contributed by atoms with E-state index in [1.165, 1.54) is 50.6 Å². The summed E-state index contributed by atoms with van der Waals surface area (Å²) < 4.78 is 0. The Morgan fingerprint density at radius 2 is 1.94 bits per heavy atom. The summed E-state index contributed by atoms with van der Waals surface area (Å²) in [6.07, 6.45) is 7.43. The summed E-state index contributed by atoms with van der Waals surface area (Å²) in [5.41, 5.74) is 1.44. The predicted molar refractivity (Wildman–Crippen MR) is 75.7 cm³/mol. The zero-order valence-corrected chi connectivity index (χ0v) is 11.2. The molecule has 0 amide bonds. The van der Waals surface area contributed by atoms with Gasteiger partial charge in [0.05, 0.1) is 6.61 Å². The smallest absolute Gasteiger partial charge is 0.0586 e. The molecule has 1 fully saturated rings. The molecule has 0 radical (unpaired) electrons. The summed E-state index contributed by atoms with van der Waals surface area (Å²) in [5, 5.41) is 9.35. The quantitative estimate of drug-likeness (QED) is 0.781. The second-order valence-corrected chi connectivity index (χ2v) is 5.31.